The molecule has 1 aromatic rings. The maximum atomic E-state index is 12.1. The van der Waals surface area contributed by atoms with Crippen molar-refractivity contribution in [1.29, 1.82) is 0 Å². The average molecular weight is 300 g/mol. The van der Waals surface area contributed by atoms with Crippen LogP contribution in [0.25, 0.3) is 0 Å². The first-order valence-electron chi connectivity index (χ1n) is 5.84. The van der Waals surface area contributed by atoms with Gasteiger partial charge in [0, 0.05) is 0 Å². The van der Waals surface area contributed by atoms with E-state index in [1.54, 1.807) is 6.92 Å². The number of carbonyl (C=O) groups excluding carboxylic acids is 1. The Morgan fingerprint density at radius 3 is 2.40 bits per heavy atom. The van der Waals surface area contributed by atoms with Crippen LogP contribution < -0.4 is 10.5 Å². The minimum absolute atomic E-state index is 0.0107. The van der Waals surface area contributed by atoms with E-state index >= 15 is 0 Å². The van der Waals surface area contributed by atoms with Crippen molar-refractivity contribution in [3.05, 3.63) is 29.3 Å². The largest absolute Gasteiger partial charge is 0.478 e. The van der Waals surface area contributed by atoms with Crippen molar-refractivity contribution in [2.75, 3.05) is 0 Å². The second kappa shape index (κ2) is 6.02. The van der Waals surface area contributed by atoms with Gasteiger partial charge >= 0.3 is 5.97 Å². The summed E-state index contributed by atoms with van der Waals surface area (Å²) >= 11 is 0. The van der Waals surface area contributed by atoms with Crippen LogP contribution in [-0.4, -0.2) is 31.4 Å². The lowest BCUT2D eigenvalue weighted by Gasteiger charge is -2.15. The molecule has 0 fully saturated rings. The molecule has 0 saturated heterocycles. The van der Waals surface area contributed by atoms with Crippen LogP contribution in [0.15, 0.2) is 23.1 Å². The molecular formula is C12H16N2O5S. The summed E-state index contributed by atoms with van der Waals surface area (Å²) in [5.74, 6) is -1.91. The first-order valence-corrected chi connectivity index (χ1v) is 7.33. The van der Waals surface area contributed by atoms with Crippen molar-refractivity contribution < 1.29 is 23.1 Å². The Bertz CT molecular complexity index is 639. The smallest absolute Gasteiger partial charge is 0.335 e. The molecule has 0 aromatic heterocycles. The number of rotatable bonds is 6. The van der Waals surface area contributed by atoms with Gasteiger partial charge in [-0.05, 0) is 37.1 Å². The Balaban J connectivity index is 3.16. The van der Waals surface area contributed by atoms with Gasteiger partial charge < -0.3 is 10.8 Å². The van der Waals surface area contributed by atoms with Gasteiger partial charge in [-0.2, -0.15) is 4.72 Å². The van der Waals surface area contributed by atoms with Gasteiger partial charge in [0.05, 0.1) is 10.5 Å². The molecule has 0 spiro atoms. The van der Waals surface area contributed by atoms with Crippen LogP contribution in [0.3, 0.4) is 0 Å². The van der Waals surface area contributed by atoms with E-state index in [-0.39, 0.29) is 22.4 Å². The molecule has 110 valence electrons. The Hall–Kier alpha value is -1.93. The molecule has 0 bridgehead atoms. The van der Waals surface area contributed by atoms with Crippen molar-refractivity contribution in [2.24, 2.45) is 5.73 Å². The fourth-order valence-corrected chi connectivity index (χ4v) is 3.19. The van der Waals surface area contributed by atoms with Crippen molar-refractivity contribution in [2.45, 2.75) is 31.2 Å². The number of nitrogens with two attached hydrogens (primary N) is 1. The number of aromatic carboxylic acids is 1. The summed E-state index contributed by atoms with van der Waals surface area (Å²) in [6, 6.07) is 2.63. The molecule has 0 aliphatic rings. The third kappa shape index (κ3) is 3.55. The van der Waals surface area contributed by atoms with Crippen LogP contribution in [0.5, 0.6) is 0 Å². The normalized spacial score (nSPS) is 12.9. The first-order chi connectivity index (χ1) is 9.19. The lowest BCUT2D eigenvalue weighted by atomic mass is 10.1. The van der Waals surface area contributed by atoms with E-state index in [2.05, 4.69) is 4.72 Å². The summed E-state index contributed by atoms with van der Waals surface area (Å²) in [5, 5.41) is 8.83. The predicted octanol–water partition coefficient (Wildman–Crippen LogP) is 0.235. The molecule has 1 amide bonds. The van der Waals surface area contributed by atoms with E-state index in [1.807, 2.05) is 0 Å². The van der Waals surface area contributed by atoms with Crippen LogP contribution in [0.4, 0.5) is 0 Å². The Labute approximate surface area is 116 Å². The predicted molar refractivity (Wildman–Crippen MR) is 71.7 cm³/mol. The third-order valence-electron chi connectivity index (χ3n) is 2.76. The van der Waals surface area contributed by atoms with Crippen LogP contribution in [0.2, 0.25) is 0 Å². The fourth-order valence-electron chi connectivity index (χ4n) is 1.68. The van der Waals surface area contributed by atoms with E-state index in [0.717, 1.165) is 0 Å². The zero-order valence-corrected chi connectivity index (χ0v) is 11.9. The van der Waals surface area contributed by atoms with Crippen molar-refractivity contribution in [1.82, 2.24) is 4.72 Å². The number of carbonyl (C=O) groups is 2. The highest BCUT2D eigenvalue weighted by Crippen LogP contribution is 2.17. The van der Waals surface area contributed by atoms with E-state index in [9.17, 15) is 18.0 Å². The Morgan fingerprint density at radius 1 is 1.40 bits per heavy atom. The number of carboxylic acids is 1. The van der Waals surface area contributed by atoms with Crippen molar-refractivity contribution in [3.8, 4) is 0 Å². The second-order valence-electron chi connectivity index (χ2n) is 4.27. The maximum Gasteiger partial charge on any atom is 0.335 e. The molecule has 1 aromatic carbocycles. The molecule has 1 rings (SSSR count). The summed E-state index contributed by atoms with van der Waals surface area (Å²) in [4.78, 5) is 21.8. The molecule has 0 aliphatic heterocycles. The van der Waals surface area contributed by atoms with Gasteiger partial charge in [-0.3, -0.25) is 4.79 Å². The summed E-state index contributed by atoms with van der Waals surface area (Å²) in [6.07, 6.45) is 0.223. The molecule has 20 heavy (non-hydrogen) atoms. The summed E-state index contributed by atoms with van der Waals surface area (Å²) in [6.45, 7) is 3.10. The second-order valence-corrected chi connectivity index (χ2v) is 5.95. The minimum Gasteiger partial charge on any atom is -0.478 e. The number of hydrogen-bond acceptors (Lipinski definition) is 4. The van der Waals surface area contributed by atoms with Crippen molar-refractivity contribution in [3.63, 3.8) is 0 Å². The molecule has 1 unspecified atom stereocenters. The number of amides is 1. The van der Waals surface area contributed by atoms with Gasteiger partial charge in [-0.25, -0.2) is 13.2 Å². The van der Waals surface area contributed by atoms with Gasteiger partial charge in [0.2, 0.25) is 15.9 Å². The topological polar surface area (TPSA) is 127 Å². The highest BCUT2D eigenvalue weighted by molar-refractivity contribution is 7.89. The Morgan fingerprint density at radius 2 is 2.00 bits per heavy atom. The zero-order chi connectivity index (χ0) is 15.5. The van der Waals surface area contributed by atoms with Crippen molar-refractivity contribution >= 4 is 21.9 Å². The molecule has 0 saturated carbocycles. The van der Waals surface area contributed by atoms with E-state index in [0.29, 0.717) is 0 Å². The van der Waals surface area contributed by atoms with Crippen LogP contribution in [0.1, 0.15) is 29.3 Å². The van der Waals surface area contributed by atoms with E-state index in [4.69, 9.17) is 10.8 Å². The van der Waals surface area contributed by atoms with Gasteiger partial charge in [0.1, 0.15) is 6.04 Å². The third-order valence-corrected chi connectivity index (χ3v) is 4.39. The average Bonchev–Trinajstić information content (AvgIpc) is 2.35. The number of hydrogen-bond donors (Lipinski definition) is 3. The number of aryl methyl sites for hydroxylation is 1. The quantitative estimate of drug-likeness (QED) is 0.693. The monoisotopic (exact) mass is 300 g/mol. The molecular weight excluding hydrogens is 284 g/mol. The number of sulfonamides is 1. The number of primary amides is 1. The SMILES string of the molecule is CCC(NS(=O)(=O)c1ccc(C(=O)O)cc1C)C(N)=O. The zero-order valence-electron chi connectivity index (χ0n) is 11.1. The number of carboxylic acid groups (broad SMARTS) is 1. The van der Waals surface area contributed by atoms with Crippen LogP contribution >= 0.6 is 0 Å². The number of benzene rings is 1. The lowest BCUT2D eigenvalue weighted by Crippen LogP contribution is -2.44. The van der Waals surface area contributed by atoms with Crippen LogP contribution in [-0.2, 0) is 14.8 Å². The first kappa shape index (κ1) is 16.1. The summed E-state index contributed by atoms with van der Waals surface area (Å²) < 4.78 is 26.5. The van der Waals surface area contributed by atoms with Gasteiger partial charge in [0.25, 0.3) is 0 Å². The molecule has 8 heteroatoms. The Kier molecular flexibility index (Phi) is 4.85. The molecule has 0 aliphatic carbocycles. The van der Waals surface area contributed by atoms with Gasteiger partial charge in [-0.1, -0.05) is 6.92 Å². The molecule has 1 atom stereocenters. The molecule has 0 radical (unpaired) electrons. The van der Waals surface area contributed by atoms with Gasteiger partial charge in [-0.15, -0.1) is 0 Å². The lowest BCUT2D eigenvalue weighted by molar-refractivity contribution is -0.119. The minimum atomic E-state index is -3.93. The summed E-state index contributed by atoms with van der Waals surface area (Å²) in [5.41, 5.74) is 5.35. The molecule has 4 N–H and O–H groups in total. The standard InChI is InChI=1S/C12H16N2O5S/c1-3-9(11(13)15)14-20(18,19)10-5-4-8(12(16)17)6-7(10)2/h4-6,9,14H,3H2,1-2H3,(H2,13,15)(H,16,17). The van der Waals surface area contributed by atoms with E-state index in [1.165, 1.54) is 25.1 Å². The molecule has 7 nitrogen and oxygen atoms in total. The highest BCUT2D eigenvalue weighted by atomic mass is 32.2. The maximum absolute atomic E-state index is 12.1. The van der Waals surface area contributed by atoms with E-state index < -0.39 is 27.9 Å². The van der Waals surface area contributed by atoms with Gasteiger partial charge in [0.15, 0.2) is 0 Å². The number of nitrogens with one attached hydrogen (secondary N) is 1. The fraction of sp³-hybridized carbons (Fsp3) is 0.333. The van der Waals surface area contributed by atoms with Crippen LogP contribution in [0, 0.1) is 6.92 Å². The molecule has 0 heterocycles. The summed E-state index contributed by atoms with van der Waals surface area (Å²) in [7, 11) is -3.93. The highest BCUT2D eigenvalue weighted by Gasteiger charge is 2.24.